The molecular formula is C17H33NS. The maximum Gasteiger partial charge on any atom is 0.0186 e. The fourth-order valence-electron chi connectivity index (χ4n) is 3.92. The largest absolute Gasteiger partial charge is 0.313 e. The third kappa shape index (κ3) is 4.97. The van der Waals surface area contributed by atoms with Gasteiger partial charge in [-0.25, -0.2) is 0 Å². The molecule has 2 fully saturated rings. The van der Waals surface area contributed by atoms with Crippen LogP contribution in [0.2, 0.25) is 0 Å². The van der Waals surface area contributed by atoms with Crippen molar-refractivity contribution in [1.82, 2.24) is 5.32 Å². The third-order valence-corrected chi connectivity index (χ3v) is 6.81. The predicted molar refractivity (Wildman–Crippen MR) is 87.9 cm³/mol. The van der Waals surface area contributed by atoms with Gasteiger partial charge in [0.1, 0.15) is 0 Å². The molecule has 1 unspecified atom stereocenters. The minimum Gasteiger partial charge on any atom is -0.313 e. The first-order valence-electron chi connectivity index (χ1n) is 8.68. The Labute approximate surface area is 124 Å². The quantitative estimate of drug-likeness (QED) is 0.716. The van der Waals surface area contributed by atoms with E-state index in [4.69, 9.17) is 0 Å². The van der Waals surface area contributed by atoms with Gasteiger partial charge in [-0.15, -0.1) is 0 Å². The van der Waals surface area contributed by atoms with Gasteiger partial charge in [-0.3, -0.25) is 0 Å². The van der Waals surface area contributed by atoms with Crippen LogP contribution < -0.4 is 5.32 Å². The van der Waals surface area contributed by atoms with Gasteiger partial charge in [-0.1, -0.05) is 46.0 Å². The van der Waals surface area contributed by atoms with Crippen LogP contribution in [0.3, 0.4) is 0 Å². The number of nitrogens with one attached hydrogen (secondary N) is 1. The molecule has 112 valence electrons. The second kappa shape index (κ2) is 8.56. The van der Waals surface area contributed by atoms with E-state index in [1.807, 2.05) is 0 Å². The molecule has 2 saturated carbocycles. The molecule has 0 amide bonds. The summed E-state index contributed by atoms with van der Waals surface area (Å²) in [6, 6.07) is 0.786. The van der Waals surface area contributed by atoms with Gasteiger partial charge in [-0.2, -0.15) is 11.8 Å². The molecule has 0 aliphatic heterocycles. The Hall–Kier alpha value is 0.310. The van der Waals surface area contributed by atoms with Crippen molar-refractivity contribution in [2.75, 3.05) is 12.3 Å². The Bertz CT molecular complexity index is 229. The summed E-state index contributed by atoms with van der Waals surface area (Å²) in [7, 11) is 0. The Kier molecular flexibility index (Phi) is 7.07. The van der Waals surface area contributed by atoms with Gasteiger partial charge in [0.15, 0.2) is 0 Å². The van der Waals surface area contributed by atoms with E-state index in [9.17, 15) is 0 Å². The third-order valence-electron chi connectivity index (χ3n) is 5.32. The maximum atomic E-state index is 3.79. The van der Waals surface area contributed by atoms with Crippen LogP contribution in [0.15, 0.2) is 0 Å². The zero-order valence-corrected chi connectivity index (χ0v) is 13.8. The van der Waals surface area contributed by atoms with E-state index in [2.05, 4.69) is 30.9 Å². The second-order valence-corrected chi connectivity index (χ2v) is 7.93. The van der Waals surface area contributed by atoms with Gasteiger partial charge in [0.25, 0.3) is 0 Å². The summed E-state index contributed by atoms with van der Waals surface area (Å²) in [6.07, 6.45) is 13.2. The van der Waals surface area contributed by atoms with E-state index in [-0.39, 0.29) is 0 Å². The topological polar surface area (TPSA) is 12.0 Å². The Morgan fingerprint density at radius 3 is 2.26 bits per heavy atom. The Morgan fingerprint density at radius 1 is 1.00 bits per heavy atom. The highest BCUT2D eigenvalue weighted by Crippen LogP contribution is 2.35. The van der Waals surface area contributed by atoms with Gasteiger partial charge in [0.05, 0.1) is 0 Å². The van der Waals surface area contributed by atoms with Crippen LogP contribution in [0.1, 0.15) is 71.6 Å². The van der Waals surface area contributed by atoms with Gasteiger partial charge in [0, 0.05) is 17.0 Å². The summed E-state index contributed by atoms with van der Waals surface area (Å²) >= 11 is 2.27. The fraction of sp³-hybridized carbons (Fsp3) is 1.00. The Balaban J connectivity index is 1.74. The summed E-state index contributed by atoms with van der Waals surface area (Å²) in [5.41, 5.74) is 0. The van der Waals surface area contributed by atoms with Crippen molar-refractivity contribution in [1.29, 1.82) is 0 Å². The lowest BCUT2D eigenvalue weighted by Crippen LogP contribution is -2.40. The first kappa shape index (κ1) is 15.7. The summed E-state index contributed by atoms with van der Waals surface area (Å²) in [5, 5.41) is 4.77. The van der Waals surface area contributed by atoms with Gasteiger partial charge in [-0.05, 0) is 44.1 Å². The van der Waals surface area contributed by atoms with Crippen LogP contribution in [0.5, 0.6) is 0 Å². The number of hydrogen-bond acceptors (Lipinski definition) is 2. The molecule has 0 saturated heterocycles. The van der Waals surface area contributed by atoms with E-state index < -0.39 is 0 Å². The molecule has 0 aromatic rings. The maximum absolute atomic E-state index is 3.79. The molecule has 2 heteroatoms. The fourth-order valence-corrected chi connectivity index (χ4v) is 5.45. The van der Waals surface area contributed by atoms with Crippen molar-refractivity contribution in [3.8, 4) is 0 Å². The minimum atomic E-state index is 0.786. The molecule has 0 spiro atoms. The zero-order chi connectivity index (χ0) is 13.5. The van der Waals surface area contributed by atoms with Crippen LogP contribution in [-0.2, 0) is 0 Å². The van der Waals surface area contributed by atoms with E-state index in [0.717, 1.165) is 29.7 Å². The Morgan fingerprint density at radius 2 is 1.68 bits per heavy atom. The van der Waals surface area contributed by atoms with Crippen molar-refractivity contribution in [3.63, 3.8) is 0 Å². The lowest BCUT2D eigenvalue weighted by Gasteiger charge is -2.34. The van der Waals surface area contributed by atoms with Crippen LogP contribution in [0.4, 0.5) is 0 Å². The molecule has 1 atom stereocenters. The van der Waals surface area contributed by atoms with Crippen molar-refractivity contribution in [2.45, 2.75) is 82.9 Å². The molecular weight excluding hydrogens is 250 g/mol. The second-order valence-electron chi connectivity index (χ2n) is 6.59. The van der Waals surface area contributed by atoms with Crippen molar-refractivity contribution in [3.05, 3.63) is 0 Å². The van der Waals surface area contributed by atoms with Gasteiger partial charge < -0.3 is 5.32 Å². The molecule has 0 aromatic carbocycles. The van der Waals surface area contributed by atoms with Crippen molar-refractivity contribution in [2.24, 2.45) is 11.8 Å². The van der Waals surface area contributed by atoms with E-state index in [0.29, 0.717) is 0 Å². The monoisotopic (exact) mass is 283 g/mol. The van der Waals surface area contributed by atoms with E-state index in [1.54, 1.807) is 0 Å². The highest BCUT2D eigenvalue weighted by atomic mass is 32.2. The SMILES string of the molecule is CCNC(CSC1CCCC1)C1CCC(CC)CC1. The molecule has 0 bridgehead atoms. The lowest BCUT2D eigenvalue weighted by atomic mass is 9.78. The molecule has 19 heavy (non-hydrogen) atoms. The molecule has 1 nitrogen and oxygen atoms in total. The van der Waals surface area contributed by atoms with Crippen molar-refractivity contribution < 1.29 is 0 Å². The average molecular weight is 284 g/mol. The normalized spacial score (nSPS) is 30.6. The lowest BCUT2D eigenvalue weighted by molar-refractivity contribution is 0.229. The first-order valence-corrected chi connectivity index (χ1v) is 9.73. The van der Waals surface area contributed by atoms with Gasteiger partial charge >= 0.3 is 0 Å². The summed E-state index contributed by atoms with van der Waals surface area (Å²) in [6.45, 7) is 5.78. The summed E-state index contributed by atoms with van der Waals surface area (Å²) < 4.78 is 0. The van der Waals surface area contributed by atoms with Crippen LogP contribution >= 0.6 is 11.8 Å². The molecule has 0 aromatic heterocycles. The molecule has 2 aliphatic rings. The van der Waals surface area contributed by atoms with Crippen LogP contribution in [0.25, 0.3) is 0 Å². The average Bonchev–Trinajstić information content (AvgIpc) is 2.97. The molecule has 2 rings (SSSR count). The zero-order valence-electron chi connectivity index (χ0n) is 13.0. The van der Waals surface area contributed by atoms with Crippen molar-refractivity contribution >= 4 is 11.8 Å². The smallest absolute Gasteiger partial charge is 0.0186 e. The number of rotatable bonds is 7. The molecule has 0 radical (unpaired) electrons. The molecule has 1 N–H and O–H groups in total. The highest BCUT2D eigenvalue weighted by molar-refractivity contribution is 7.99. The minimum absolute atomic E-state index is 0.786. The van der Waals surface area contributed by atoms with E-state index >= 15 is 0 Å². The van der Waals surface area contributed by atoms with Gasteiger partial charge in [0.2, 0.25) is 0 Å². The number of hydrogen-bond donors (Lipinski definition) is 1. The van der Waals surface area contributed by atoms with Crippen LogP contribution in [-0.4, -0.2) is 23.6 Å². The van der Waals surface area contributed by atoms with E-state index in [1.165, 1.54) is 63.5 Å². The number of thioether (sulfide) groups is 1. The summed E-state index contributed by atoms with van der Waals surface area (Å²) in [4.78, 5) is 0. The standard InChI is InChI=1S/C17H33NS/c1-3-14-9-11-15(12-10-14)17(18-4-2)13-19-16-7-5-6-8-16/h14-18H,3-13H2,1-2H3. The van der Waals surface area contributed by atoms with Crippen LogP contribution in [0, 0.1) is 11.8 Å². The predicted octanol–water partition coefficient (Wildman–Crippen LogP) is 4.86. The first-order chi connectivity index (χ1) is 9.33. The molecule has 0 heterocycles. The molecule has 2 aliphatic carbocycles. The highest BCUT2D eigenvalue weighted by Gasteiger charge is 2.27. The summed E-state index contributed by atoms with van der Waals surface area (Å²) in [5.74, 6) is 3.35.